The maximum Gasteiger partial charge on any atom is 0.323 e. The van der Waals surface area contributed by atoms with Crippen LogP contribution in [0.5, 0.6) is 0 Å². The highest BCUT2D eigenvalue weighted by molar-refractivity contribution is 5.88. The van der Waals surface area contributed by atoms with Crippen LogP contribution in [0.3, 0.4) is 0 Å². The minimum atomic E-state index is -0.138. The summed E-state index contributed by atoms with van der Waals surface area (Å²) in [6, 6.07) is 13.5. The van der Waals surface area contributed by atoms with E-state index in [1.165, 1.54) is 0 Å². The average molecular weight is 348 g/mol. The molecule has 1 aliphatic rings. The standard InChI is InChI=1S/C19H20N6O/c26-19(25(17-7-8-17)14-16-6-2-4-11-21-16)22-18-9-12-24(23-18)13-15-5-1-3-10-20-15/h1-6,9-12,17H,7-8,13-14H2,(H,22,23,26). The van der Waals surface area contributed by atoms with Crippen LogP contribution in [0.2, 0.25) is 0 Å². The van der Waals surface area contributed by atoms with Gasteiger partial charge in [0.05, 0.1) is 24.5 Å². The van der Waals surface area contributed by atoms with Crippen molar-refractivity contribution in [3.8, 4) is 0 Å². The van der Waals surface area contributed by atoms with Gasteiger partial charge in [0.25, 0.3) is 0 Å². The van der Waals surface area contributed by atoms with Crippen LogP contribution in [0.15, 0.2) is 61.1 Å². The minimum Gasteiger partial charge on any atom is -0.316 e. The summed E-state index contributed by atoms with van der Waals surface area (Å²) in [5.74, 6) is 0.539. The van der Waals surface area contributed by atoms with Crippen molar-refractivity contribution in [3.05, 3.63) is 72.4 Å². The second-order valence-corrected chi connectivity index (χ2v) is 6.33. The number of hydrogen-bond acceptors (Lipinski definition) is 4. The Morgan fingerprint density at radius 3 is 2.46 bits per heavy atom. The number of amides is 2. The van der Waals surface area contributed by atoms with Gasteiger partial charge in [0.2, 0.25) is 0 Å². The first-order valence-corrected chi connectivity index (χ1v) is 8.69. The first-order chi connectivity index (χ1) is 12.8. The summed E-state index contributed by atoms with van der Waals surface area (Å²) in [6.07, 6.45) is 7.41. The number of hydrogen-bond donors (Lipinski definition) is 1. The van der Waals surface area contributed by atoms with Gasteiger partial charge in [0.15, 0.2) is 5.82 Å². The Labute approximate surface area is 151 Å². The minimum absolute atomic E-state index is 0.138. The summed E-state index contributed by atoms with van der Waals surface area (Å²) < 4.78 is 1.76. The van der Waals surface area contributed by atoms with E-state index in [1.54, 1.807) is 23.1 Å². The lowest BCUT2D eigenvalue weighted by atomic mass is 10.3. The number of urea groups is 1. The predicted octanol–water partition coefficient (Wildman–Crippen LogP) is 2.92. The Bertz CT molecular complexity index is 860. The van der Waals surface area contributed by atoms with Gasteiger partial charge in [-0.25, -0.2) is 4.79 Å². The molecule has 3 aromatic rings. The van der Waals surface area contributed by atoms with Gasteiger partial charge in [-0.15, -0.1) is 0 Å². The molecule has 0 saturated heterocycles. The maximum atomic E-state index is 12.7. The average Bonchev–Trinajstić information content (AvgIpc) is 3.42. The first-order valence-electron chi connectivity index (χ1n) is 8.69. The predicted molar refractivity (Wildman–Crippen MR) is 97.4 cm³/mol. The summed E-state index contributed by atoms with van der Waals surface area (Å²) in [6.45, 7) is 1.07. The van der Waals surface area contributed by atoms with Gasteiger partial charge < -0.3 is 4.90 Å². The van der Waals surface area contributed by atoms with Gasteiger partial charge in [-0.1, -0.05) is 12.1 Å². The van der Waals surface area contributed by atoms with Crippen LogP contribution in [0.25, 0.3) is 0 Å². The third kappa shape index (κ3) is 4.05. The molecule has 1 saturated carbocycles. The largest absolute Gasteiger partial charge is 0.323 e. The van der Waals surface area contributed by atoms with Gasteiger partial charge >= 0.3 is 6.03 Å². The van der Waals surface area contributed by atoms with Crippen molar-refractivity contribution in [1.82, 2.24) is 24.6 Å². The molecule has 1 aliphatic carbocycles. The molecule has 0 aromatic carbocycles. The molecule has 0 aliphatic heterocycles. The molecule has 4 rings (SSSR count). The van der Waals surface area contributed by atoms with Crippen molar-refractivity contribution in [1.29, 1.82) is 0 Å². The highest BCUT2D eigenvalue weighted by Gasteiger charge is 2.33. The number of nitrogens with one attached hydrogen (secondary N) is 1. The molecule has 26 heavy (non-hydrogen) atoms. The van der Waals surface area contributed by atoms with Crippen molar-refractivity contribution in [2.45, 2.75) is 32.0 Å². The van der Waals surface area contributed by atoms with Crippen LogP contribution in [-0.2, 0) is 13.1 Å². The van der Waals surface area contributed by atoms with Crippen LogP contribution in [0.4, 0.5) is 10.6 Å². The zero-order chi connectivity index (χ0) is 17.8. The summed E-state index contributed by atoms with van der Waals surface area (Å²) in [4.78, 5) is 23.1. The molecule has 7 nitrogen and oxygen atoms in total. The molecule has 0 bridgehead atoms. The molecule has 1 fully saturated rings. The van der Waals surface area contributed by atoms with Crippen LogP contribution in [-0.4, -0.2) is 36.7 Å². The van der Waals surface area contributed by atoms with E-state index >= 15 is 0 Å². The fourth-order valence-electron chi connectivity index (χ4n) is 2.77. The van der Waals surface area contributed by atoms with Crippen LogP contribution in [0.1, 0.15) is 24.2 Å². The maximum absolute atomic E-state index is 12.7. The lowest BCUT2D eigenvalue weighted by Crippen LogP contribution is -2.36. The van der Waals surface area contributed by atoms with E-state index in [-0.39, 0.29) is 12.1 Å². The third-order valence-corrected chi connectivity index (χ3v) is 4.23. The van der Waals surface area contributed by atoms with E-state index in [0.717, 1.165) is 24.2 Å². The van der Waals surface area contributed by atoms with Gasteiger partial charge in [0, 0.05) is 30.7 Å². The van der Waals surface area contributed by atoms with Crippen molar-refractivity contribution in [3.63, 3.8) is 0 Å². The second kappa shape index (κ2) is 7.35. The van der Waals surface area contributed by atoms with Gasteiger partial charge in [-0.05, 0) is 37.1 Å². The Hall–Kier alpha value is -3.22. The number of carbonyl (C=O) groups excluding carboxylic acids is 1. The number of carbonyl (C=O) groups is 1. The molecule has 0 radical (unpaired) electrons. The van der Waals surface area contributed by atoms with Crippen molar-refractivity contribution in [2.24, 2.45) is 0 Å². The second-order valence-electron chi connectivity index (χ2n) is 6.33. The Morgan fingerprint density at radius 2 is 1.81 bits per heavy atom. The highest BCUT2D eigenvalue weighted by atomic mass is 16.2. The Morgan fingerprint density at radius 1 is 1.08 bits per heavy atom. The van der Waals surface area contributed by atoms with E-state index in [9.17, 15) is 4.79 Å². The normalized spacial score (nSPS) is 13.4. The van der Waals surface area contributed by atoms with Crippen molar-refractivity contribution < 1.29 is 4.79 Å². The van der Waals surface area contributed by atoms with Gasteiger partial charge in [0.1, 0.15) is 0 Å². The summed E-state index contributed by atoms with van der Waals surface area (Å²) in [5.41, 5.74) is 1.80. The Balaban J connectivity index is 1.40. The lowest BCUT2D eigenvalue weighted by molar-refractivity contribution is 0.205. The molecule has 0 spiro atoms. The summed E-state index contributed by atoms with van der Waals surface area (Å²) in [7, 11) is 0. The van der Waals surface area contributed by atoms with Gasteiger partial charge in [-0.3, -0.25) is 20.0 Å². The van der Waals surface area contributed by atoms with E-state index in [4.69, 9.17) is 0 Å². The Kier molecular flexibility index (Phi) is 4.59. The summed E-state index contributed by atoms with van der Waals surface area (Å²) in [5, 5.41) is 7.31. The van der Waals surface area contributed by atoms with Crippen LogP contribution in [0, 0.1) is 0 Å². The molecule has 0 unspecified atom stereocenters. The SMILES string of the molecule is O=C(Nc1ccn(Cc2ccccn2)n1)N(Cc1ccccn1)C1CC1. The molecule has 132 valence electrons. The van der Waals surface area contributed by atoms with Crippen molar-refractivity contribution in [2.75, 3.05) is 5.32 Å². The number of anilines is 1. The zero-order valence-electron chi connectivity index (χ0n) is 14.3. The summed E-state index contributed by atoms with van der Waals surface area (Å²) >= 11 is 0. The molecule has 1 N–H and O–H groups in total. The zero-order valence-corrected chi connectivity index (χ0v) is 14.3. The van der Waals surface area contributed by atoms with E-state index in [2.05, 4.69) is 20.4 Å². The molecule has 3 aromatic heterocycles. The van der Waals surface area contributed by atoms with E-state index in [0.29, 0.717) is 18.9 Å². The number of aromatic nitrogens is 4. The highest BCUT2D eigenvalue weighted by Crippen LogP contribution is 2.28. The molecular formula is C19H20N6O. The van der Waals surface area contributed by atoms with Crippen molar-refractivity contribution >= 4 is 11.8 Å². The van der Waals surface area contributed by atoms with Gasteiger partial charge in [-0.2, -0.15) is 5.10 Å². The monoisotopic (exact) mass is 348 g/mol. The van der Waals surface area contributed by atoms with E-state index in [1.807, 2.05) is 47.5 Å². The number of pyridine rings is 2. The fourth-order valence-corrected chi connectivity index (χ4v) is 2.77. The number of rotatable bonds is 6. The third-order valence-electron chi connectivity index (χ3n) is 4.23. The smallest absolute Gasteiger partial charge is 0.316 e. The first kappa shape index (κ1) is 16.3. The van der Waals surface area contributed by atoms with E-state index < -0.39 is 0 Å². The lowest BCUT2D eigenvalue weighted by Gasteiger charge is -2.21. The molecule has 7 heteroatoms. The molecule has 2 amide bonds. The van der Waals surface area contributed by atoms with Crippen LogP contribution >= 0.6 is 0 Å². The molecule has 3 heterocycles. The number of nitrogens with zero attached hydrogens (tertiary/aromatic N) is 5. The topological polar surface area (TPSA) is 75.9 Å². The molecular weight excluding hydrogens is 328 g/mol. The molecule has 0 atom stereocenters. The fraction of sp³-hybridized carbons (Fsp3) is 0.263. The van der Waals surface area contributed by atoms with Crippen LogP contribution < -0.4 is 5.32 Å². The quantitative estimate of drug-likeness (QED) is 0.743.